The van der Waals surface area contributed by atoms with E-state index < -0.39 is 11.9 Å². The first-order valence-electron chi connectivity index (χ1n) is 11.8. The molecule has 0 aliphatic carbocycles. The first-order valence-corrected chi connectivity index (χ1v) is 12.7. The van der Waals surface area contributed by atoms with Crippen molar-refractivity contribution < 1.29 is 13.9 Å². The Morgan fingerprint density at radius 2 is 1.92 bits per heavy atom. The Kier molecular flexibility index (Phi) is 10.1. The number of fused-ring (bicyclic) bond motifs is 1. The Hall–Kier alpha value is -3.82. The van der Waals surface area contributed by atoms with Crippen LogP contribution in [0.1, 0.15) is 24.1 Å². The second kappa shape index (κ2) is 13.5. The number of carbonyl (C=O) groups is 1. The normalized spacial score (nSPS) is 11.4. The number of benzene rings is 3. The fourth-order valence-corrected chi connectivity index (χ4v) is 4.55. The van der Waals surface area contributed by atoms with Gasteiger partial charge in [0.15, 0.2) is 11.6 Å². The number of nitrogens with one attached hydrogen (secondary N) is 2. The molecule has 0 saturated carbocycles. The molecule has 1 unspecified atom stereocenters. The number of rotatable bonds is 9. The minimum atomic E-state index is -0.629. The molecule has 37 heavy (non-hydrogen) atoms. The summed E-state index contributed by atoms with van der Waals surface area (Å²) in [7, 11) is 3.33. The number of carbonyl (C=O) groups excluding carboxylic acids is 1. The van der Waals surface area contributed by atoms with Crippen molar-refractivity contribution in [2.45, 2.75) is 24.4 Å². The fraction of sp³-hybridized carbons (Fsp3) is 0.214. The lowest BCUT2D eigenvalue weighted by atomic mass is 10.1. The lowest BCUT2D eigenvalue weighted by Crippen LogP contribution is -2.12. The number of methoxy groups -OCH3 is 1. The van der Waals surface area contributed by atoms with Crippen LogP contribution in [0.25, 0.3) is 10.8 Å². The van der Waals surface area contributed by atoms with E-state index in [1.807, 2.05) is 55.2 Å². The number of ether oxygens (including phenoxy) is 1. The van der Waals surface area contributed by atoms with Gasteiger partial charge in [0, 0.05) is 34.4 Å². The summed E-state index contributed by atoms with van der Waals surface area (Å²) in [5.41, 5.74) is 15.0. The van der Waals surface area contributed by atoms with Crippen molar-refractivity contribution in [1.82, 2.24) is 10.3 Å². The first kappa shape index (κ1) is 27.8. The van der Waals surface area contributed by atoms with Gasteiger partial charge < -0.3 is 31.6 Å². The highest BCUT2D eigenvalue weighted by Crippen LogP contribution is 2.27. The molecule has 0 amide bonds. The molecule has 0 aliphatic rings. The van der Waals surface area contributed by atoms with Crippen molar-refractivity contribution in [3.8, 4) is 5.75 Å². The number of aldehydes is 1. The maximum Gasteiger partial charge on any atom is 0.165 e. The minimum absolute atomic E-state index is 0.0958. The Balaban J connectivity index is 0.000000248. The van der Waals surface area contributed by atoms with Crippen LogP contribution in [0.5, 0.6) is 5.75 Å². The molecular formula is C28H32FN5O2S. The quantitative estimate of drug-likeness (QED) is 0.131. The van der Waals surface area contributed by atoms with Crippen LogP contribution >= 0.6 is 11.8 Å². The minimum Gasteiger partial charge on any atom is -0.494 e. The molecule has 194 valence electrons. The molecule has 0 saturated heterocycles. The molecule has 6 N–H and O–H groups in total. The van der Waals surface area contributed by atoms with Crippen molar-refractivity contribution in [3.63, 3.8) is 0 Å². The third-order valence-electron chi connectivity index (χ3n) is 5.54. The zero-order chi connectivity index (χ0) is 26.8. The Bertz CT molecular complexity index is 1350. The van der Waals surface area contributed by atoms with Crippen LogP contribution in [-0.2, 0) is 11.3 Å². The van der Waals surface area contributed by atoms with E-state index in [0.29, 0.717) is 11.4 Å². The molecule has 0 fully saturated rings. The SMILES string of the molecule is CCSc1ccc(N)cc1CNC.COc1cc(C(C=O)Nc2ccc3c(N)nccc3c2)ccc1F. The highest BCUT2D eigenvalue weighted by molar-refractivity contribution is 7.99. The van der Waals surface area contributed by atoms with Gasteiger partial charge in [0.25, 0.3) is 0 Å². The fourth-order valence-electron chi connectivity index (χ4n) is 3.76. The number of thioether (sulfide) groups is 1. The number of nitrogens with zero attached hydrogens (tertiary/aromatic N) is 1. The second-order valence-electron chi connectivity index (χ2n) is 8.11. The number of hydrogen-bond donors (Lipinski definition) is 4. The largest absolute Gasteiger partial charge is 0.494 e. The molecule has 1 aromatic heterocycles. The smallest absolute Gasteiger partial charge is 0.165 e. The van der Waals surface area contributed by atoms with Crippen molar-refractivity contribution in [3.05, 3.63) is 83.8 Å². The maximum absolute atomic E-state index is 13.5. The summed E-state index contributed by atoms with van der Waals surface area (Å²) in [5, 5.41) is 8.01. The number of nitrogens with two attached hydrogens (primary N) is 2. The molecule has 4 rings (SSSR count). The molecule has 3 aromatic carbocycles. The summed E-state index contributed by atoms with van der Waals surface area (Å²) in [6.45, 7) is 3.04. The second-order valence-corrected chi connectivity index (χ2v) is 9.42. The predicted molar refractivity (Wildman–Crippen MR) is 152 cm³/mol. The number of nitrogen functional groups attached to an aromatic ring is 2. The number of anilines is 3. The summed E-state index contributed by atoms with van der Waals surface area (Å²) in [6.07, 6.45) is 2.39. The van der Waals surface area contributed by atoms with E-state index in [1.165, 1.54) is 29.7 Å². The van der Waals surface area contributed by atoms with E-state index in [-0.39, 0.29) is 5.75 Å². The van der Waals surface area contributed by atoms with Gasteiger partial charge in [-0.2, -0.15) is 0 Å². The van der Waals surface area contributed by atoms with Crippen LogP contribution in [0.2, 0.25) is 0 Å². The number of pyridine rings is 1. The van der Waals surface area contributed by atoms with E-state index in [0.717, 1.165) is 40.7 Å². The van der Waals surface area contributed by atoms with Gasteiger partial charge in [0.1, 0.15) is 18.1 Å². The van der Waals surface area contributed by atoms with Crippen LogP contribution < -0.4 is 26.8 Å². The van der Waals surface area contributed by atoms with E-state index in [9.17, 15) is 9.18 Å². The van der Waals surface area contributed by atoms with E-state index in [4.69, 9.17) is 16.2 Å². The van der Waals surface area contributed by atoms with E-state index in [1.54, 1.807) is 12.3 Å². The van der Waals surface area contributed by atoms with Gasteiger partial charge in [0.2, 0.25) is 0 Å². The van der Waals surface area contributed by atoms with Crippen molar-refractivity contribution in [2.24, 2.45) is 0 Å². The van der Waals surface area contributed by atoms with Crippen molar-refractivity contribution in [1.29, 1.82) is 0 Å². The highest BCUT2D eigenvalue weighted by Gasteiger charge is 2.14. The lowest BCUT2D eigenvalue weighted by molar-refractivity contribution is -0.108. The molecule has 1 heterocycles. The monoisotopic (exact) mass is 521 g/mol. The standard InChI is InChI=1S/C18H16FN3O2.C10H16N2S/c1-24-17-9-12(2-5-15(17)19)16(10-23)22-13-3-4-14-11(8-13)6-7-21-18(14)20;1-3-13-10-5-4-9(11)6-8(10)7-12-2/h2-10,16,22H,1H3,(H2,20,21);4-6,12H,3,7,11H2,1-2H3. The van der Waals surface area contributed by atoms with Crippen LogP contribution in [-0.4, -0.2) is 31.2 Å². The van der Waals surface area contributed by atoms with E-state index in [2.05, 4.69) is 28.6 Å². The summed E-state index contributed by atoms with van der Waals surface area (Å²) < 4.78 is 18.5. The third-order valence-corrected chi connectivity index (χ3v) is 6.54. The number of aromatic nitrogens is 1. The van der Waals surface area contributed by atoms with Crippen LogP contribution in [0.15, 0.2) is 71.8 Å². The Labute approximate surface area is 220 Å². The summed E-state index contributed by atoms with van der Waals surface area (Å²) in [5.74, 6) is 1.17. The van der Waals surface area contributed by atoms with Gasteiger partial charge in [0.05, 0.1) is 7.11 Å². The van der Waals surface area contributed by atoms with Crippen LogP contribution in [0.3, 0.4) is 0 Å². The Morgan fingerprint density at radius 3 is 2.62 bits per heavy atom. The molecule has 4 aromatic rings. The molecule has 0 radical (unpaired) electrons. The molecular weight excluding hydrogens is 489 g/mol. The van der Waals surface area contributed by atoms with Crippen molar-refractivity contribution >= 4 is 46.0 Å². The van der Waals surface area contributed by atoms with Crippen LogP contribution in [0, 0.1) is 5.82 Å². The summed E-state index contributed by atoms with van der Waals surface area (Å²) in [4.78, 5) is 16.9. The van der Waals surface area contributed by atoms with Crippen molar-refractivity contribution in [2.75, 3.05) is 36.7 Å². The Morgan fingerprint density at radius 1 is 1.11 bits per heavy atom. The van der Waals surface area contributed by atoms with E-state index >= 15 is 0 Å². The molecule has 7 nitrogen and oxygen atoms in total. The summed E-state index contributed by atoms with van der Waals surface area (Å²) >= 11 is 1.85. The zero-order valence-electron chi connectivity index (χ0n) is 21.1. The predicted octanol–water partition coefficient (Wildman–Crippen LogP) is 5.42. The third kappa shape index (κ3) is 7.34. The van der Waals surface area contributed by atoms with Gasteiger partial charge in [-0.15, -0.1) is 11.8 Å². The average molecular weight is 522 g/mol. The number of hydrogen-bond acceptors (Lipinski definition) is 8. The van der Waals surface area contributed by atoms with Gasteiger partial charge in [-0.1, -0.05) is 13.0 Å². The zero-order valence-corrected chi connectivity index (χ0v) is 21.9. The lowest BCUT2D eigenvalue weighted by Gasteiger charge is -2.16. The molecule has 9 heteroatoms. The van der Waals surface area contributed by atoms with Gasteiger partial charge in [-0.3, -0.25) is 0 Å². The van der Waals surface area contributed by atoms with Gasteiger partial charge in [-0.25, -0.2) is 9.37 Å². The summed E-state index contributed by atoms with van der Waals surface area (Å²) in [6, 6.07) is 17.2. The molecule has 1 atom stereocenters. The maximum atomic E-state index is 13.5. The first-order chi connectivity index (χ1) is 17.9. The van der Waals surface area contributed by atoms with Gasteiger partial charge in [-0.05, 0) is 83.9 Å². The molecule has 0 spiro atoms. The molecule has 0 aliphatic heterocycles. The highest BCUT2D eigenvalue weighted by atomic mass is 32.2. The topological polar surface area (TPSA) is 115 Å². The number of halogens is 1. The van der Waals surface area contributed by atoms with Crippen LogP contribution in [0.4, 0.5) is 21.6 Å². The molecule has 0 bridgehead atoms. The van der Waals surface area contributed by atoms with Gasteiger partial charge >= 0.3 is 0 Å². The average Bonchev–Trinajstić information content (AvgIpc) is 2.90.